The van der Waals surface area contributed by atoms with E-state index in [2.05, 4.69) is 4.98 Å². The molecule has 0 spiro atoms. The van der Waals surface area contributed by atoms with E-state index in [0.717, 1.165) is 6.07 Å². The summed E-state index contributed by atoms with van der Waals surface area (Å²) in [6.45, 7) is 0. The number of nitrogens with two attached hydrogens (primary N) is 1. The Labute approximate surface area is 78.0 Å². The van der Waals surface area contributed by atoms with E-state index in [1.807, 2.05) is 0 Å². The molecular weight excluding hydrogens is 195 g/mol. The van der Waals surface area contributed by atoms with E-state index in [1.54, 1.807) is 6.07 Å². The fourth-order valence-corrected chi connectivity index (χ4v) is 1.08. The molecule has 0 fully saturated rings. The highest BCUT2D eigenvalue weighted by molar-refractivity contribution is 5.46. The molecule has 1 aromatic rings. The third-order valence-electron chi connectivity index (χ3n) is 1.63. The SMILES string of the molecule is N#CCc1cc(F)nc(N)c1C(F)F. The van der Waals surface area contributed by atoms with E-state index in [4.69, 9.17) is 11.0 Å². The maximum absolute atomic E-state index is 12.6. The minimum Gasteiger partial charge on any atom is -0.383 e. The number of aromatic nitrogens is 1. The number of hydrogen-bond acceptors (Lipinski definition) is 3. The number of pyridine rings is 1. The summed E-state index contributed by atoms with van der Waals surface area (Å²) >= 11 is 0. The molecule has 0 aliphatic rings. The summed E-state index contributed by atoms with van der Waals surface area (Å²) in [5.41, 5.74) is 4.43. The second kappa shape index (κ2) is 3.96. The molecule has 0 unspecified atom stereocenters. The van der Waals surface area contributed by atoms with Crippen molar-refractivity contribution in [1.29, 1.82) is 5.26 Å². The third-order valence-corrected chi connectivity index (χ3v) is 1.63. The van der Waals surface area contributed by atoms with Crippen LogP contribution < -0.4 is 5.73 Å². The Morgan fingerprint density at radius 3 is 2.71 bits per heavy atom. The van der Waals surface area contributed by atoms with Crippen LogP contribution in [0.3, 0.4) is 0 Å². The number of halogens is 3. The summed E-state index contributed by atoms with van der Waals surface area (Å²) in [6, 6.07) is 2.44. The van der Waals surface area contributed by atoms with E-state index < -0.39 is 23.8 Å². The van der Waals surface area contributed by atoms with E-state index in [9.17, 15) is 13.2 Å². The standard InChI is InChI=1S/C8H6F3N3/c9-5-3-4(1-2-12)6(7(10)11)8(13)14-5/h3,7H,1H2,(H2,13,14). The van der Waals surface area contributed by atoms with Gasteiger partial charge in [0.25, 0.3) is 6.43 Å². The summed E-state index contributed by atoms with van der Waals surface area (Å²) in [6.07, 6.45) is -3.17. The Morgan fingerprint density at radius 1 is 1.57 bits per heavy atom. The van der Waals surface area contributed by atoms with Gasteiger partial charge < -0.3 is 5.73 Å². The fraction of sp³-hybridized carbons (Fsp3) is 0.250. The lowest BCUT2D eigenvalue weighted by molar-refractivity contribution is 0.150. The summed E-state index contributed by atoms with van der Waals surface area (Å²) in [7, 11) is 0. The van der Waals surface area contributed by atoms with Crippen molar-refractivity contribution in [3.05, 3.63) is 23.1 Å². The van der Waals surface area contributed by atoms with Gasteiger partial charge in [-0.15, -0.1) is 0 Å². The van der Waals surface area contributed by atoms with Crippen molar-refractivity contribution in [1.82, 2.24) is 4.98 Å². The Balaban J connectivity index is 3.30. The lowest BCUT2D eigenvalue weighted by atomic mass is 10.1. The van der Waals surface area contributed by atoms with Gasteiger partial charge in [-0.2, -0.15) is 9.65 Å². The lowest BCUT2D eigenvalue weighted by Crippen LogP contribution is -2.05. The smallest absolute Gasteiger partial charge is 0.267 e. The van der Waals surface area contributed by atoms with E-state index in [0.29, 0.717) is 0 Å². The maximum Gasteiger partial charge on any atom is 0.267 e. The number of nitrogen functional groups attached to an aromatic ring is 1. The first-order valence-corrected chi connectivity index (χ1v) is 3.66. The molecule has 6 heteroatoms. The summed E-state index contributed by atoms with van der Waals surface area (Å²) in [4.78, 5) is 3.06. The van der Waals surface area contributed by atoms with Gasteiger partial charge in [0.1, 0.15) is 5.82 Å². The van der Waals surface area contributed by atoms with Crippen molar-refractivity contribution in [3.8, 4) is 6.07 Å². The van der Waals surface area contributed by atoms with E-state index in [1.165, 1.54) is 0 Å². The van der Waals surface area contributed by atoms with Gasteiger partial charge in [-0.1, -0.05) is 0 Å². The Hall–Kier alpha value is -1.77. The van der Waals surface area contributed by atoms with Crippen LogP contribution in [0.4, 0.5) is 19.0 Å². The van der Waals surface area contributed by atoms with Crippen LogP contribution >= 0.6 is 0 Å². The van der Waals surface area contributed by atoms with E-state index >= 15 is 0 Å². The second-order valence-electron chi connectivity index (χ2n) is 2.54. The molecule has 2 N–H and O–H groups in total. The Bertz CT molecular complexity index is 384. The molecule has 0 atom stereocenters. The summed E-state index contributed by atoms with van der Waals surface area (Å²) < 4.78 is 37.4. The maximum atomic E-state index is 12.6. The van der Waals surface area contributed by atoms with Crippen molar-refractivity contribution >= 4 is 5.82 Å². The molecule has 0 bridgehead atoms. The molecule has 0 saturated heterocycles. The van der Waals surface area contributed by atoms with Crippen molar-refractivity contribution in [2.45, 2.75) is 12.8 Å². The van der Waals surface area contributed by atoms with Crippen LogP contribution in [0.1, 0.15) is 17.6 Å². The number of rotatable bonds is 2. The molecule has 74 valence electrons. The molecule has 0 saturated carbocycles. The van der Waals surface area contributed by atoms with Gasteiger partial charge in [0, 0.05) is 0 Å². The molecule has 0 aliphatic heterocycles. The molecule has 1 heterocycles. The summed E-state index contributed by atoms with van der Waals surface area (Å²) in [5, 5.41) is 8.33. The molecule has 0 aromatic carbocycles. The largest absolute Gasteiger partial charge is 0.383 e. The Morgan fingerprint density at radius 2 is 2.21 bits per heavy atom. The van der Waals surface area contributed by atoms with Crippen LogP contribution in [0.5, 0.6) is 0 Å². The second-order valence-corrected chi connectivity index (χ2v) is 2.54. The predicted octanol–water partition coefficient (Wildman–Crippen LogP) is 1.81. The number of alkyl halides is 2. The molecule has 1 aromatic heterocycles. The number of nitriles is 1. The molecule has 14 heavy (non-hydrogen) atoms. The molecule has 0 radical (unpaired) electrons. The first-order chi connectivity index (χ1) is 6.56. The van der Waals surface area contributed by atoms with Crippen molar-refractivity contribution in [2.24, 2.45) is 0 Å². The van der Waals surface area contributed by atoms with Crippen LogP contribution in [0, 0.1) is 17.3 Å². The van der Waals surface area contributed by atoms with Crippen LogP contribution in [0.2, 0.25) is 0 Å². The topological polar surface area (TPSA) is 62.7 Å². The summed E-state index contributed by atoms with van der Waals surface area (Å²) in [5.74, 6) is -1.53. The minimum atomic E-state index is -2.86. The highest BCUT2D eigenvalue weighted by atomic mass is 19.3. The Kier molecular flexibility index (Phi) is 2.92. The van der Waals surface area contributed by atoms with Gasteiger partial charge >= 0.3 is 0 Å². The van der Waals surface area contributed by atoms with Gasteiger partial charge in [0.2, 0.25) is 5.95 Å². The van der Waals surface area contributed by atoms with Crippen LogP contribution in [-0.4, -0.2) is 4.98 Å². The van der Waals surface area contributed by atoms with Crippen LogP contribution in [0.25, 0.3) is 0 Å². The molecule has 3 nitrogen and oxygen atoms in total. The van der Waals surface area contributed by atoms with Crippen molar-refractivity contribution < 1.29 is 13.2 Å². The number of hydrogen-bond donors (Lipinski definition) is 1. The zero-order valence-electron chi connectivity index (χ0n) is 6.97. The van der Waals surface area contributed by atoms with Gasteiger partial charge in [-0.25, -0.2) is 13.8 Å². The molecule has 0 aliphatic carbocycles. The number of anilines is 1. The number of nitrogens with zero attached hydrogens (tertiary/aromatic N) is 2. The first kappa shape index (κ1) is 10.3. The monoisotopic (exact) mass is 201 g/mol. The van der Waals surface area contributed by atoms with Gasteiger partial charge in [-0.05, 0) is 11.6 Å². The lowest BCUT2D eigenvalue weighted by Gasteiger charge is -2.08. The zero-order valence-corrected chi connectivity index (χ0v) is 6.97. The predicted molar refractivity (Wildman–Crippen MR) is 42.9 cm³/mol. The van der Waals surface area contributed by atoms with Crippen molar-refractivity contribution in [3.63, 3.8) is 0 Å². The fourth-order valence-electron chi connectivity index (χ4n) is 1.08. The first-order valence-electron chi connectivity index (χ1n) is 3.66. The highest BCUT2D eigenvalue weighted by Gasteiger charge is 2.18. The average molecular weight is 201 g/mol. The quantitative estimate of drug-likeness (QED) is 0.742. The van der Waals surface area contributed by atoms with Crippen LogP contribution in [0.15, 0.2) is 6.07 Å². The van der Waals surface area contributed by atoms with Crippen LogP contribution in [-0.2, 0) is 6.42 Å². The average Bonchev–Trinajstić information content (AvgIpc) is 2.01. The van der Waals surface area contributed by atoms with E-state index in [-0.39, 0.29) is 12.0 Å². The molecular formula is C8H6F3N3. The highest BCUT2D eigenvalue weighted by Crippen LogP contribution is 2.27. The normalized spacial score (nSPS) is 10.2. The van der Waals surface area contributed by atoms with Gasteiger partial charge in [-0.3, -0.25) is 0 Å². The minimum absolute atomic E-state index is 0.118. The van der Waals surface area contributed by atoms with Crippen molar-refractivity contribution in [2.75, 3.05) is 5.73 Å². The van der Waals surface area contributed by atoms with Gasteiger partial charge in [0.05, 0.1) is 18.1 Å². The van der Waals surface area contributed by atoms with Gasteiger partial charge in [0.15, 0.2) is 0 Å². The third kappa shape index (κ3) is 1.93. The molecule has 0 amide bonds. The zero-order chi connectivity index (χ0) is 10.7. The molecule has 1 rings (SSSR count).